The largest absolute Gasteiger partial charge is 0.428 e. The van der Waals surface area contributed by atoms with Crippen LogP contribution in [0.15, 0.2) is 45.9 Å². The molecule has 0 bridgehead atoms. The molecule has 16 heavy (non-hydrogen) atoms. The van der Waals surface area contributed by atoms with Crippen LogP contribution in [0.1, 0.15) is 16.9 Å². The summed E-state index contributed by atoms with van der Waals surface area (Å²) < 4.78 is 4.87. The molecule has 0 amide bonds. The van der Waals surface area contributed by atoms with Crippen LogP contribution in [0.2, 0.25) is 0 Å². The van der Waals surface area contributed by atoms with Crippen molar-refractivity contribution >= 4 is 12.2 Å². The molecule has 0 aliphatic heterocycles. The summed E-state index contributed by atoms with van der Waals surface area (Å²) in [6, 6.07) is 7.08. The molecule has 0 aromatic carbocycles. The average Bonchev–Trinajstić information content (AvgIpc) is 2.27. The van der Waals surface area contributed by atoms with Gasteiger partial charge in [0.1, 0.15) is 5.76 Å². The van der Waals surface area contributed by atoms with E-state index < -0.39 is 0 Å². The summed E-state index contributed by atoms with van der Waals surface area (Å²) in [4.78, 5) is 15.0. The fourth-order valence-corrected chi connectivity index (χ4v) is 1.39. The lowest BCUT2D eigenvalue weighted by atomic mass is 10.2. The van der Waals surface area contributed by atoms with Crippen LogP contribution >= 0.6 is 0 Å². The molecule has 3 nitrogen and oxygen atoms in total. The highest BCUT2D eigenvalue weighted by molar-refractivity contribution is 5.69. The number of hydrogen-bond donors (Lipinski definition) is 0. The van der Waals surface area contributed by atoms with Gasteiger partial charge in [-0.15, -0.1) is 0 Å². The van der Waals surface area contributed by atoms with Gasteiger partial charge in [0.2, 0.25) is 0 Å². The molecular weight excluding hydrogens is 202 g/mol. The standard InChI is InChI=1S/C13H11NO2/c1-10-8-12(9-13(15)16-10)3-2-11-4-6-14-7-5-11/h2-9H,1H3/b3-2+. The van der Waals surface area contributed by atoms with Crippen molar-refractivity contribution in [2.75, 3.05) is 0 Å². The Morgan fingerprint density at radius 2 is 1.81 bits per heavy atom. The minimum absolute atomic E-state index is 0.325. The van der Waals surface area contributed by atoms with Crippen molar-refractivity contribution in [2.24, 2.45) is 0 Å². The van der Waals surface area contributed by atoms with E-state index in [0.29, 0.717) is 5.76 Å². The van der Waals surface area contributed by atoms with E-state index in [2.05, 4.69) is 4.98 Å². The van der Waals surface area contributed by atoms with Gasteiger partial charge < -0.3 is 4.42 Å². The van der Waals surface area contributed by atoms with Crippen LogP contribution in [0, 0.1) is 6.92 Å². The minimum Gasteiger partial charge on any atom is -0.428 e. The number of pyridine rings is 1. The first-order valence-electron chi connectivity index (χ1n) is 4.94. The van der Waals surface area contributed by atoms with Crippen molar-refractivity contribution in [2.45, 2.75) is 6.92 Å². The van der Waals surface area contributed by atoms with Gasteiger partial charge in [-0.25, -0.2) is 4.79 Å². The number of hydrogen-bond acceptors (Lipinski definition) is 3. The highest BCUT2D eigenvalue weighted by Gasteiger charge is 1.94. The fourth-order valence-electron chi connectivity index (χ4n) is 1.39. The van der Waals surface area contributed by atoms with E-state index in [-0.39, 0.29) is 5.63 Å². The second-order valence-corrected chi connectivity index (χ2v) is 3.43. The maximum absolute atomic E-state index is 11.1. The highest BCUT2D eigenvalue weighted by atomic mass is 16.4. The number of rotatable bonds is 2. The Bertz CT molecular complexity index is 556. The summed E-state index contributed by atoms with van der Waals surface area (Å²) >= 11 is 0. The molecule has 0 fully saturated rings. The Kier molecular flexibility index (Phi) is 2.96. The van der Waals surface area contributed by atoms with Crippen molar-refractivity contribution in [3.8, 4) is 0 Å². The van der Waals surface area contributed by atoms with E-state index in [9.17, 15) is 4.79 Å². The predicted molar refractivity (Wildman–Crippen MR) is 62.9 cm³/mol. The van der Waals surface area contributed by atoms with E-state index in [4.69, 9.17) is 4.42 Å². The van der Waals surface area contributed by atoms with Gasteiger partial charge in [0.05, 0.1) is 0 Å². The summed E-state index contributed by atoms with van der Waals surface area (Å²) in [6.45, 7) is 1.76. The molecule has 0 unspecified atom stereocenters. The molecule has 80 valence electrons. The highest BCUT2D eigenvalue weighted by Crippen LogP contribution is 2.07. The predicted octanol–water partition coefficient (Wildman–Crippen LogP) is 2.51. The van der Waals surface area contributed by atoms with Crippen molar-refractivity contribution < 1.29 is 4.42 Å². The summed E-state index contributed by atoms with van der Waals surface area (Å²) in [7, 11) is 0. The van der Waals surface area contributed by atoms with Gasteiger partial charge in [-0.2, -0.15) is 0 Å². The van der Waals surface area contributed by atoms with E-state index in [1.807, 2.05) is 30.4 Å². The number of aryl methyl sites for hydroxylation is 1. The normalized spacial score (nSPS) is 10.8. The Labute approximate surface area is 93.1 Å². The molecule has 0 spiro atoms. The van der Waals surface area contributed by atoms with Gasteiger partial charge in [0.15, 0.2) is 0 Å². The van der Waals surface area contributed by atoms with E-state index in [1.54, 1.807) is 19.3 Å². The average molecular weight is 213 g/mol. The maximum Gasteiger partial charge on any atom is 0.336 e. The van der Waals surface area contributed by atoms with Crippen LogP contribution in [0.25, 0.3) is 12.2 Å². The summed E-state index contributed by atoms with van der Waals surface area (Å²) in [5.74, 6) is 0.613. The van der Waals surface area contributed by atoms with Crippen LogP contribution in [-0.2, 0) is 0 Å². The van der Waals surface area contributed by atoms with Crippen molar-refractivity contribution in [3.63, 3.8) is 0 Å². The van der Waals surface area contributed by atoms with Crippen LogP contribution in [0.3, 0.4) is 0 Å². The first-order chi connectivity index (χ1) is 7.74. The molecule has 2 aromatic rings. The second kappa shape index (κ2) is 4.57. The zero-order valence-electron chi connectivity index (χ0n) is 8.88. The molecule has 0 radical (unpaired) electrons. The van der Waals surface area contributed by atoms with E-state index in [1.165, 1.54) is 6.07 Å². The molecule has 2 rings (SSSR count). The molecular formula is C13H11NO2. The smallest absolute Gasteiger partial charge is 0.336 e. The van der Waals surface area contributed by atoms with Crippen molar-refractivity contribution in [1.82, 2.24) is 4.98 Å². The molecule has 2 aromatic heterocycles. The lowest BCUT2D eigenvalue weighted by molar-refractivity contribution is 0.480. The third-order valence-corrected chi connectivity index (χ3v) is 2.09. The molecule has 0 aliphatic carbocycles. The molecule has 0 N–H and O–H groups in total. The number of nitrogens with zero attached hydrogens (tertiary/aromatic N) is 1. The summed E-state index contributed by atoms with van der Waals surface area (Å²) in [6.07, 6.45) is 7.25. The van der Waals surface area contributed by atoms with Gasteiger partial charge in [-0.1, -0.05) is 12.2 Å². The Hall–Kier alpha value is -2.16. The molecule has 0 aliphatic rings. The summed E-state index contributed by atoms with van der Waals surface area (Å²) in [5, 5.41) is 0. The third kappa shape index (κ3) is 2.67. The van der Waals surface area contributed by atoms with E-state index >= 15 is 0 Å². The first kappa shape index (κ1) is 10.4. The monoisotopic (exact) mass is 213 g/mol. The van der Waals surface area contributed by atoms with Gasteiger partial charge in [-0.3, -0.25) is 4.98 Å². The molecule has 0 saturated carbocycles. The maximum atomic E-state index is 11.1. The molecule has 0 atom stereocenters. The van der Waals surface area contributed by atoms with E-state index in [0.717, 1.165) is 11.1 Å². The molecule has 2 heterocycles. The van der Waals surface area contributed by atoms with Crippen molar-refractivity contribution in [3.05, 3.63) is 64.0 Å². The van der Waals surface area contributed by atoms with Gasteiger partial charge in [0, 0.05) is 18.5 Å². The second-order valence-electron chi connectivity index (χ2n) is 3.43. The van der Waals surface area contributed by atoms with Gasteiger partial charge in [-0.05, 0) is 36.2 Å². The lowest BCUT2D eigenvalue weighted by Crippen LogP contribution is -1.97. The van der Waals surface area contributed by atoms with Crippen LogP contribution in [0.4, 0.5) is 0 Å². The van der Waals surface area contributed by atoms with Crippen LogP contribution in [0.5, 0.6) is 0 Å². The third-order valence-electron chi connectivity index (χ3n) is 2.09. The zero-order chi connectivity index (χ0) is 11.4. The fraction of sp³-hybridized carbons (Fsp3) is 0.0769. The molecule has 0 saturated heterocycles. The Morgan fingerprint density at radius 1 is 1.12 bits per heavy atom. The Morgan fingerprint density at radius 3 is 2.50 bits per heavy atom. The quantitative estimate of drug-likeness (QED) is 0.769. The van der Waals surface area contributed by atoms with Crippen LogP contribution in [-0.4, -0.2) is 4.98 Å². The summed E-state index contributed by atoms with van der Waals surface area (Å²) in [5.41, 5.74) is 1.56. The number of aromatic nitrogens is 1. The first-order valence-corrected chi connectivity index (χ1v) is 4.94. The van der Waals surface area contributed by atoms with Crippen LogP contribution < -0.4 is 5.63 Å². The Balaban J connectivity index is 2.27. The van der Waals surface area contributed by atoms with Gasteiger partial charge in [0.25, 0.3) is 0 Å². The topological polar surface area (TPSA) is 43.1 Å². The zero-order valence-corrected chi connectivity index (χ0v) is 8.88. The van der Waals surface area contributed by atoms with Gasteiger partial charge >= 0.3 is 5.63 Å². The minimum atomic E-state index is -0.325. The van der Waals surface area contributed by atoms with Crippen molar-refractivity contribution in [1.29, 1.82) is 0 Å². The lowest BCUT2D eigenvalue weighted by Gasteiger charge is -1.94. The molecule has 3 heteroatoms. The SMILES string of the molecule is Cc1cc(/C=C/c2ccncc2)cc(=O)o1.